The highest BCUT2D eigenvalue weighted by atomic mass is 32.2. The molecule has 0 aliphatic carbocycles. The van der Waals surface area contributed by atoms with Gasteiger partial charge in [0.2, 0.25) is 0 Å². The molecular formula is C7H15NS. The third-order valence-electron chi connectivity index (χ3n) is 1.78. The second kappa shape index (κ2) is 4.18. The predicted molar refractivity (Wildman–Crippen MR) is 44.0 cm³/mol. The zero-order valence-corrected chi connectivity index (χ0v) is 6.84. The third-order valence-corrected chi connectivity index (χ3v) is 2.52. The molecule has 0 radical (unpaired) electrons. The fraction of sp³-hybridized carbons (Fsp3) is 1.00. The average molecular weight is 145 g/mol. The Morgan fingerprint density at radius 2 is 2.44 bits per heavy atom. The lowest BCUT2D eigenvalue weighted by Crippen LogP contribution is -2.35. The summed E-state index contributed by atoms with van der Waals surface area (Å²) in [4.78, 5) is 0. The van der Waals surface area contributed by atoms with Crippen molar-refractivity contribution in [3.05, 3.63) is 0 Å². The number of nitrogens with one attached hydrogen (secondary N) is 1. The first-order valence-corrected chi connectivity index (χ1v) is 5.05. The predicted octanol–water partition coefficient (Wildman–Crippen LogP) is 1.49. The molecule has 1 fully saturated rings. The molecular weight excluding hydrogens is 130 g/mol. The number of hydrogen-bond donors (Lipinski definition) is 1. The topological polar surface area (TPSA) is 12.0 Å². The van der Waals surface area contributed by atoms with Gasteiger partial charge in [0.05, 0.1) is 0 Å². The van der Waals surface area contributed by atoms with Gasteiger partial charge in [0.25, 0.3) is 0 Å². The van der Waals surface area contributed by atoms with Crippen LogP contribution < -0.4 is 5.32 Å². The lowest BCUT2D eigenvalue weighted by atomic mass is 10.1. The summed E-state index contributed by atoms with van der Waals surface area (Å²) in [7, 11) is 0. The molecule has 0 unspecified atom stereocenters. The Morgan fingerprint density at radius 1 is 1.56 bits per heavy atom. The van der Waals surface area contributed by atoms with Gasteiger partial charge in [-0.2, -0.15) is 11.8 Å². The summed E-state index contributed by atoms with van der Waals surface area (Å²) in [6.45, 7) is 1.24. The molecule has 1 atom stereocenters. The summed E-state index contributed by atoms with van der Waals surface area (Å²) >= 11 is 1.95. The van der Waals surface area contributed by atoms with Crippen molar-refractivity contribution in [3.8, 4) is 0 Å². The van der Waals surface area contributed by atoms with E-state index >= 15 is 0 Å². The molecule has 1 aliphatic rings. The molecule has 0 bridgehead atoms. The van der Waals surface area contributed by atoms with Crippen molar-refractivity contribution < 1.29 is 0 Å². The van der Waals surface area contributed by atoms with Gasteiger partial charge < -0.3 is 5.32 Å². The quantitative estimate of drug-likeness (QED) is 0.632. The lowest BCUT2D eigenvalue weighted by Gasteiger charge is -2.22. The zero-order chi connectivity index (χ0) is 6.53. The molecule has 0 amide bonds. The van der Waals surface area contributed by atoms with Gasteiger partial charge in [-0.3, -0.25) is 0 Å². The van der Waals surface area contributed by atoms with E-state index in [1.54, 1.807) is 0 Å². The molecule has 0 aromatic heterocycles. The van der Waals surface area contributed by atoms with E-state index in [1.165, 1.54) is 31.6 Å². The highest BCUT2D eigenvalue weighted by molar-refractivity contribution is 7.98. The molecule has 1 nitrogen and oxygen atoms in total. The summed E-state index contributed by atoms with van der Waals surface area (Å²) in [5.41, 5.74) is 0. The first kappa shape index (κ1) is 7.42. The number of rotatable bonds is 2. The first-order valence-electron chi connectivity index (χ1n) is 3.66. The Labute approximate surface area is 61.6 Å². The van der Waals surface area contributed by atoms with Crippen molar-refractivity contribution in [1.82, 2.24) is 5.32 Å². The fourth-order valence-corrected chi connectivity index (χ4v) is 1.95. The van der Waals surface area contributed by atoms with Crippen molar-refractivity contribution in [3.63, 3.8) is 0 Å². The molecule has 9 heavy (non-hydrogen) atoms. The Balaban J connectivity index is 2.08. The Morgan fingerprint density at radius 3 is 3.00 bits per heavy atom. The van der Waals surface area contributed by atoms with E-state index in [-0.39, 0.29) is 0 Å². The zero-order valence-electron chi connectivity index (χ0n) is 6.02. The highest BCUT2D eigenvalue weighted by Gasteiger charge is 2.10. The highest BCUT2D eigenvalue weighted by Crippen LogP contribution is 2.10. The summed E-state index contributed by atoms with van der Waals surface area (Å²) in [5, 5.41) is 3.50. The van der Waals surface area contributed by atoms with Crippen LogP contribution in [0.2, 0.25) is 0 Å². The lowest BCUT2D eigenvalue weighted by molar-refractivity contribution is 0.430. The van der Waals surface area contributed by atoms with E-state index in [1.807, 2.05) is 11.8 Å². The molecule has 0 aromatic carbocycles. The van der Waals surface area contributed by atoms with Gasteiger partial charge in [-0.25, -0.2) is 0 Å². The van der Waals surface area contributed by atoms with Gasteiger partial charge in [-0.05, 0) is 25.6 Å². The molecule has 1 rings (SSSR count). The molecule has 0 aromatic rings. The number of piperidine rings is 1. The van der Waals surface area contributed by atoms with Crippen LogP contribution in [0.5, 0.6) is 0 Å². The van der Waals surface area contributed by atoms with Crippen LogP contribution >= 0.6 is 11.8 Å². The minimum atomic E-state index is 0.814. The molecule has 1 saturated heterocycles. The molecule has 2 heteroatoms. The molecule has 0 saturated carbocycles. The van der Waals surface area contributed by atoms with Gasteiger partial charge >= 0.3 is 0 Å². The largest absolute Gasteiger partial charge is 0.313 e. The van der Waals surface area contributed by atoms with Crippen LogP contribution in [-0.2, 0) is 0 Å². The van der Waals surface area contributed by atoms with Crippen molar-refractivity contribution in [2.75, 3.05) is 18.6 Å². The summed E-state index contributed by atoms with van der Waals surface area (Å²) < 4.78 is 0. The van der Waals surface area contributed by atoms with Crippen LogP contribution in [0.4, 0.5) is 0 Å². The summed E-state index contributed by atoms with van der Waals surface area (Å²) in [6, 6.07) is 0.814. The normalized spacial score (nSPS) is 28.3. The smallest absolute Gasteiger partial charge is 0.0158 e. The van der Waals surface area contributed by atoms with Gasteiger partial charge in [0.1, 0.15) is 0 Å². The Kier molecular flexibility index (Phi) is 3.44. The van der Waals surface area contributed by atoms with Crippen molar-refractivity contribution in [2.24, 2.45) is 0 Å². The van der Waals surface area contributed by atoms with Crippen LogP contribution in [0.1, 0.15) is 19.3 Å². The minimum Gasteiger partial charge on any atom is -0.313 e. The fourth-order valence-electron chi connectivity index (χ4n) is 1.27. The average Bonchev–Trinajstić information content (AvgIpc) is 1.91. The standard InChI is InChI=1S/C7H15NS/c1-9-6-7-4-2-3-5-8-7/h7-8H,2-6H2,1H3/t7-/m1/s1. The van der Waals surface area contributed by atoms with Crippen molar-refractivity contribution >= 4 is 11.8 Å². The van der Waals surface area contributed by atoms with Crippen LogP contribution in [0.25, 0.3) is 0 Å². The molecule has 1 heterocycles. The maximum absolute atomic E-state index is 3.50. The van der Waals surface area contributed by atoms with E-state index in [4.69, 9.17) is 0 Å². The second-order valence-corrected chi connectivity index (χ2v) is 3.51. The Bertz CT molecular complexity index is 66.6. The summed E-state index contributed by atoms with van der Waals surface area (Å²) in [5.74, 6) is 1.29. The molecule has 54 valence electrons. The molecule has 1 N–H and O–H groups in total. The van der Waals surface area contributed by atoms with Gasteiger partial charge in [-0.15, -0.1) is 0 Å². The minimum absolute atomic E-state index is 0.814. The van der Waals surface area contributed by atoms with E-state index < -0.39 is 0 Å². The number of hydrogen-bond acceptors (Lipinski definition) is 2. The SMILES string of the molecule is CSC[C@H]1CCCCN1. The van der Waals surface area contributed by atoms with Crippen LogP contribution in [0, 0.1) is 0 Å². The molecule has 0 spiro atoms. The van der Waals surface area contributed by atoms with E-state index in [2.05, 4.69) is 11.6 Å². The van der Waals surface area contributed by atoms with E-state index in [0.29, 0.717) is 0 Å². The monoisotopic (exact) mass is 145 g/mol. The van der Waals surface area contributed by atoms with Gasteiger partial charge in [0, 0.05) is 11.8 Å². The maximum atomic E-state index is 3.50. The van der Waals surface area contributed by atoms with Crippen molar-refractivity contribution in [2.45, 2.75) is 25.3 Å². The van der Waals surface area contributed by atoms with Gasteiger partial charge in [0.15, 0.2) is 0 Å². The third kappa shape index (κ3) is 2.59. The van der Waals surface area contributed by atoms with E-state index in [9.17, 15) is 0 Å². The maximum Gasteiger partial charge on any atom is 0.0158 e. The number of thioether (sulfide) groups is 1. The van der Waals surface area contributed by atoms with Crippen LogP contribution in [0.15, 0.2) is 0 Å². The second-order valence-electron chi connectivity index (χ2n) is 2.60. The van der Waals surface area contributed by atoms with Crippen LogP contribution in [-0.4, -0.2) is 24.6 Å². The van der Waals surface area contributed by atoms with Crippen LogP contribution in [0.3, 0.4) is 0 Å². The van der Waals surface area contributed by atoms with E-state index in [0.717, 1.165) is 6.04 Å². The van der Waals surface area contributed by atoms with Crippen molar-refractivity contribution in [1.29, 1.82) is 0 Å². The van der Waals surface area contributed by atoms with Gasteiger partial charge in [-0.1, -0.05) is 6.42 Å². The molecule has 1 aliphatic heterocycles. The Hall–Kier alpha value is 0.310. The summed E-state index contributed by atoms with van der Waals surface area (Å²) in [6.07, 6.45) is 6.38. The first-order chi connectivity index (χ1) is 4.43.